The fourth-order valence-corrected chi connectivity index (χ4v) is 6.61. The number of carbonyl (C=O) groups is 3. The van der Waals surface area contributed by atoms with Crippen LogP contribution in [0.25, 0.3) is 11.1 Å². The van der Waals surface area contributed by atoms with Gasteiger partial charge in [-0.3, -0.25) is 9.59 Å². The summed E-state index contributed by atoms with van der Waals surface area (Å²) in [6.07, 6.45) is 3.47. The second-order valence-corrected chi connectivity index (χ2v) is 10.5. The van der Waals surface area contributed by atoms with E-state index in [9.17, 15) is 19.5 Å². The van der Waals surface area contributed by atoms with Gasteiger partial charge in [0.05, 0.1) is 11.3 Å². The van der Waals surface area contributed by atoms with Crippen molar-refractivity contribution in [2.45, 2.75) is 44.1 Å². The number of hydrogen-bond donors (Lipinski definition) is 2. The first-order valence-electron chi connectivity index (χ1n) is 12.6. The molecule has 1 aliphatic heterocycles. The van der Waals surface area contributed by atoms with Crippen molar-refractivity contribution in [3.63, 3.8) is 0 Å². The Kier molecular flexibility index (Phi) is 5.31. The molecule has 0 spiro atoms. The average Bonchev–Trinajstić information content (AvgIpc) is 3.30. The molecule has 4 atom stereocenters. The van der Waals surface area contributed by atoms with Crippen LogP contribution in [0.1, 0.15) is 49.1 Å². The lowest BCUT2D eigenvalue weighted by Crippen LogP contribution is -2.50. The van der Waals surface area contributed by atoms with Crippen LogP contribution in [0.4, 0.5) is 4.79 Å². The Balaban J connectivity index is 1.10. The van der Waals surface area contributed by atoms with Crippen LogP contribution in [-0.4, -0.2) is 53.7 Å². The molecule has 0 aromatic heterocycles. The summed E-state index contributed by atoms with van der Waals surface area (Å²) in [7, 11) is 0. The molecule has 3 fully saturated rings. The van der Waals surface area contributed by atoms with Gasteiger partial charge in [0.1, 0.15) is 6.61 Å². The van der Waals surface area contributed by atoms with Crippen molar-refractivity contribution in [2.75, 3.05) is 19.7 Å². The summed E-state index contributed by atoms with van der Waals surface area (Å²) < 4.78 is 5.71. The second kappa shape index (κ2) is 8.40. The van der Waals surface area contributed by atoms with E-state index in [-0.39, 0.29) is 36.3 Å². The van der Waals surface area contributed by atoms with Gasteiger partial charge in [-0.2, -0.15) is 0 Å². The maximum absolute atomic E-state index is 13.3. The zero-order valence-electron chi connectivity index (χ0n) is 19.6. The van der Waals surface area contributed by atoms with E-state index in [0.717, 1.165) is 30.4 Å². The minimum atomic E-state index is -0.797. The van der Waals surface area contributed by atoms with E-state index < -0.39 is 17.5 Å². The first kappa shape index (κ1) is 22.1. The number of ether oxygens (including phenoxy) is 1. The van der Waals surface area contributed by atoms with E-state index in [1.807, 2.05) is 24.3 Å². The number of carboxylic acids is 1. The molecule has 1 heterocycles. The fraction of sp³-hybridized carbons (Fsp3) is 0.464. The number of rotatable bonds is 5. The van der Waals surface area contributed by atoms with Crippen molar-refractivity contribution >= 4 is 18.0 Å². The number of carbonyl (C=O) groups excluding carboxylic acids is 2. The number of likely N-dealkylation sites (tertiary alicyclic amines) is 1. The molecule has 7 nitrogen and oxygen atoms in total. The molecule has 2 saturated carbocycles. The Morgan fingerprint density at radius 2 is 1.66 bits per heavy atom. The van der Waals surface area contributed by atoms with Crippen LogP contribution < -0.4 is 5.32 Å². The third-order valence-electron chi connectivity index (χ3n) is 8.61. The molecule has 2 unspecified atom stereocenters. The highest BCUT2D eigenvalue weighted by Crippen LogP contribution is 2.58. The van der Waals surface area contributed by atoms with Gasteiger partial charge in [-0.25, -0.2) is 4.79 Å². The van der Waals surface area contributed by atoms with Gasteiger partial charge < -0.3 is 20.1 Å². The van der Waals surface area contributed by atoms with Crippen molar-refractivity contribution in [1.82, 2.24) is 10.2 Å². The number of fused-ring (bicyclic) bond motifs is 4. The van der Waals surface area contributed by atoms with Crippen LogP contribution in [0.15, 0.2) is 48.5 Å². The number of aliphatic carboxylic acids is 1. The Morgan fingerprint density at radius 1 is 1.00 bits per heavy atom. The van der Waals surface area contributed by atoms with Crippen LogP contribution in [0, 0.1) is 17.3 Å². The highest BCUT2D eigenvalue weighted by Gasteiger charge is 2.66. The van der Waals surface area contributed by atoms with Gasteiger partial charge in [-0.05, 0) is 47.4 Å². The molecule has 6 rings (SSSR count). The van der Waals surface area contributed by atoms with Crippen LogP contribution in [0.2, 0.25) is 0 Å². The summed E-state index contributed by atoms with van der Waals surface area (Å²) in [5.41, 5.74) is 3.94. The summed E-state index contributed by atoms with van der Waals surface area (Å²) in [4.78, 5) is 39.5. The lowest BCUT2D eigenvalue weighted by Gasteiger charge is -2.34. The normalized spacial score (nSPS) is 28.6. The van der Waals surface area contributed by atoms with Crippen molar-refractivity contribution in [2.24, 2.45) is 17.3 Å². The molecule has 0 bridgehead atoms. The number of nitrogens with zero attached hydrogens (tertiary/aromatic N) is 1. The molecule has 35 heavy (non-hydrogen) atoms. The maximum Gasteiger partial charge on any atom is 0.407 e. The largest absolute Gasteiger partial charge is 0.481 e. The second-order valence-electron chi connectivity index (χ2n) is 10.5. The van der Waals surface area contributed by atoms with Gasteiger partial charge in [0.25, 0.3) is 0 Å². The number of nitrogens with one attached hydrogen (secondary N) is 1. The van der Waals surface area contributed by atoms with Crippen LogP contribution in [-0.2, 0) is 14.3 Å². The molecule has 2 aromatic carbocycles. The predicted octanol–water partition coefficient (Wildman–Crippen LogP) is 4.02. The van der Waals surface area contributed by atoms with E-state index in [1.54, 1.807) is 4.90 Å². The molecule has 1 saturated heterocycles. The minimum absolute atomic E-state index is 0.0135. The van der Waals surface area contributed by atoms with E-state index in [1.165, 1.54) is 11.1 Å². The summed E-state index contributed by atoms with van der Waals surface area (Å²) in [5.74, 6) is -1.09. The monoisotopic (exact) mass is 474 g/mol. The number of carboxylic acid groups (broad SMARTS) is 1. The lowest BCUT2D eigenvalue weighted by molar-refractivity contribution is -0.144. The van der Waals surface area contributed by atoms with Gasteiger partial charge >= 0.3 is 12.1 Å². The molecule has 182 valence electrons. The molecule has 2 aromatic rings. The number of benzene rings is 2. The van der Waals surface area contributed by atoms with Crippen LogP contribution in [0.3, 0.4) is 0 Å². The van der Waals surface area contributed by atoms with E-state index >= 15 is 0 Å². The Hall–Kier alpha value is -3.35. The van der Waals surface area contributed by atoms with Gasteiger partial charge in [-0.1, -0.05) is 61.4 Å². The molecule has 7 heteroatoms. The van der Waals surface area contributed by atoms with Crippen LogP contribution in [0.5, 0.6) is 0 Å². The van der Waals surface area contributed by atoms with Crippen molar-refractivity contribution in [3.05, 3.63) is 59.7 Å². The van der Waals surface area contributed by atoms with Crippen molar-refractivity contribution < 1.29 is 24.2 Å². The smallest absolute Gasteiger partial charge is 0.407 e. The van der Waals surface area contributed by atoms with Crippen molar-refractivity contribution in [1.29, 1.82) is 0 Å². The number of hydrogen-bond acceptors (Lipinski definition) is 4. The Bertz CT molecular complexity index is 1150. The summed E-state index contributed by atoms with van der Waals surface area (Å²) in [5, 5.41) is 12.5. The fourth-order valence-electron chi connectivity index (χ4n) is 6.61. The zero-order chi connectivity index (χ0) is 24.2. The predicted molar refractivity (Wildman–Crippen MR) is 129 cm³/mol. The van der Waals surface area contributed by atoms with Crippen molar-refractivity contribution in [3.8, 4) is 11.1 Å². The molecule has 3 aliphatic carbocycles. The Labute approximate surface area is 204 Å². The first-order chi connectivity index (χ1) is 17.0. The number of amides is 2. The lowest BCUT2D eigenvalue weighted by atomic mass is 9.83. The van der Waals surface area contributed by atoms with Gasteiger partial charge in [-0.15, -0.1) is 0 Å². The van der Waals surface area contributed by atoms with E-state index in [4.69, 9.17) is 4.74 Å². The third kappa shape index (κ3) is 3.68. The minimum Gasteiger partial charge on any atom is -0.481 e. The zero-order valence-corrected chi connectivity index (χ0v) is 19.6. The highest BCUT2D eigenvalue weighted by atomic mass is 16.5. The van der Waals surface area contributed by atoms with Gasteiger partial charge in [0, 0.05) is 25.0 Å². The number of alkyl carbamates (subject to hydrolysis) is 1. The Morgan fingerprint density at radius 3 is 2.31 bits per heavy atom. The maximum atomic E-state index is 13.3. The summed E-state index contributed by atoms with van der Waals surface area (Å²) in [6.45, 7) is 1.04. The SMILES string of the molecule is O=C(N[C@@H]1CCCC[C@@H]1C(=O)N1CC2CC2(C(=O)O)C1)OCC1c2ccccc2-c2ccccc21. The van der Waals surface area contributed by atoms with Gasteiger partial charge in [0.2, 0.25) is 5.91 Å². The van der Waals surface area contributed by atoms with Crippen LogP contribution >= 0.6 is 0 Å². The average molecular weight is 475 g/mol. The molecule has 4 aliphatic rings. The first-order valence-corrected chi connectivity index (χ1v) is 12.6. The summed E-state index contributed by atoms with van der Waals surface area (Å²) >= 11 is 0. The van der Waals surface area contributed by atoms with E-state index in [0.29, 0.717) is 25.9 Å². The highest BCUT2D eigenvalue weighted by molar-refractivity contribution is 5.85. The molecule has 2 amide bonds. The molecular formula is C28H30N2O5. The molecule has 0 radical (unpaired) electrons. The standard InChI is InChI=1S/C28H30N2O5/c31-25(30-14-17-13-28(17,16-30)26(32)33)22-11-5-6-12-24(22)29-27(34)35-15-23-20-9-3-1-7-18(20)19-8-2-4-10-21(19)23/h1-4,7-10,17,22-24H,5-6,11-16H2,(H,29,34)(H,32,33)/t17?,22-,24+,28?/m0/s1. The van der Waals surface area contributed by atoms with E-state index in [2.05, 4.69) is 29.6 Å². The quantitative estimate of drug-likeness (QED) is 0.683. The topological polar surface area (TPSA) is 95.9 Å². The van der Waals surface area contributed by atoms with Gasteiger partial charge in [0.15, 0.2) is 0 Å². The molecule has 2 N–H and O–H groups in total. The number of piperidine rings is 1. The summed E-state index contributed by atoms with van der Waals surface area (Å²) in [6, 6.07) is 16.1. The third-order valence-corrected chi connectivity index (χ3v) is 8.61. The molecular weight excluding hydrogens is 444 g/mol.